The Morgan fingerprint density at radius 3 is 2.38 bits per heavy atom. The number of rotatable bonds is 3. The van der Waals surface area contributed by atoms with Crippen LogP contribution in [0.25, 0.3) is 11.0 Å². The van der Waals surface area contributed by atoms with E-state index < -0.39 is 0 Å². The molecule has 1 atom stereocenters. The lowest BCUT2D eigenvalue weighted by atomic mass is 10.0. The van der Waals surface area contributed by atoms with Gasteiger partial charge in [0.05, 0.1) is 6.04 Å². The molecule has 108 valence electrons. The molecule has 0 fully saturated rings. The summed E-state index contributed by atoms with van der Waals surface area (Å²) in [5.74, 6) is 0.173. The van der Waals surface area contributed by atoms with Crippen molar-refractivity contribution in [3.63, 3.8) is 0 Å². The molecule has 1 heterocycles. The van der Waals surface area contributed by atoms with Crippen LogP contribution in [-0.2, 0) is 0 Å². The maximum absolute atomic E-state index is 13.8. The first-order valence-electron chi connectivity index (χ1n) is 6.41. The van der Waals surface area contributed by atoms with Gasteiger partial charge in [0.15, 0.2) is 11.4 Å². The van der Waals surface area contributed by atoms with Crippen molar-refractivity contribution in [2.24, 2.45) is 0 Å². The highest BCUT2D eigenvalue weighted by Gasteiger charge is 2.22. The standard InChI is InChI=1S/C16H12Cl2FNO/c1-20-15(14-10(17)5-3-6-11(14)18)13-8-9-4-2-7-12(19)16(9)21-13/h2-8,15,20H,1H3. The Labute approximate surface area is 131 Å². The minimum atomic E-state index is -0.390. The van der Waals surface area contributed by atoms with Gasteiger partial charge in [-0.3, -0.25) is 0 Å². The van der Waals surface area contributed by atoms with E-state index in [4.69, 9.17) is 27.6 Å². The van der Waals surface area contributed by atoms with Gasteiger partial charge in [-0.1, -0.05) is 41.4 Å². The molecule has 0 bridgehead atoms. The fraction of sp³-hybridized carbons (Fsp3) is 0.125. The average Bonchev–Trinajstić information content (AvgIpc) is 2.88. The van der Waals surface area contributed by atoms with E-state index in [-0.39, 0.29) is 17.4 Å². The number of benzene rings is 2. The molecule has 0 aliphatic carbocycles. The van der Waals surface area contributed by atoms with Gasteiger partial charge in [-0.15, -0.1) is 0 Å². The molecule has 0 radical (unpaired) electrons. The zero-order valence-corrected chi connectivity index (χ0v) is 12.7. The Kier molecular flexibility index (Phi) is 3.89. The third-order valence-corrected chi connectivity index (χ3v) is 4.04. The molecule has 0 saturated carbocycles. The lowest BCUT2D eigenvalue weighted by Gasteiger charge is -2.17. The molecule has 0 spiro atoms. The van der Waals surface area contributed by atoms with Crippen molar-refractivity contribution in [2.75, 3.05) is 7.05 Å². The molecule has 5 heteroatoms. The lowest BCUT2D eigenvalue weighted by molar-refractivity contribution is 0.476. The summed E-state index contributed by atoms with van der Waals surface area (Å²) in [5.41, 5.74) is 0.943. The maximum Gasteiger partial charge on any atom is 0.169 e. The molecule has 3 rings (SSSR count). The summed E-state index contributed by atoms with van der Waals surface area (Å²) in [5, 5.41) is 4.87. The summed E-state index contributed by atoms with van der Waals surface area (Å²) in [6.45, 7) is 0. The van der Waals surface area contributed by atoms with E-state index in [2.05, 4.69) is 5.32 Å². The quantitative estimate of drug-likeness (QED) is 0.717. The SMILES string of the molecule is CNC(c1cc2cccc(F)c2o1)c1c(Cl)cccc1Cl. The molecule has 0 aliphatic rings. The van der Waals surface area contributed by atoms with Crippen molar-refractivity contribution in [3.8, 4) is 0 Å². The fourth-order valence-corrected chi connectivity index (χ4v) is 3.02. The van der Waals surface area contributed by atoms with Crippen molar-refractivity contribution < 1.29 is 8.81 Å². The summed E-state index contributed by atoms with van der Waals surface area (Å²) in [6.07, 6.45) is 0. The van der Waals surface area contributed by atoms with Crippen LogP contribution < -0.4 is 5.32 Å². The average molecular weight is 324 g/mol. The summed E-state index contributed by atoms with van der Waals surface area (Å²) in [4.78, 5) is 0. The molecule has 3 aromatic rings. The first-order valence-corrected chi connectivity index (χ1v) is 7.16. The van der Waals surface area contributed by atoms with Gasteiger partial charge in [0.25, 0.3) is 0 Å². The molecule has 0 amide bonds. The van der Waals surface area contributed by atoms with Crippen LogP contribution in [0.2, 0.25) is 10.0 Å². The Balaban J connectivity index is 2.16. The van der Waals surface area contributed by atoms with Gasteiger partial charge in [0, 0.05) is 21.0 Å². The molecule has 0 saturated heterocycles. The minimum absolute atomic E-state index is 0.232. The molecule has 2 nitrogen and oxygen atoms in total. The van der Waals surface area contributed by atoms with Gasteiger partial charge < -0.3 is 9.73 Å². The van der Waals surface area contributed by atoms with Gasteiger partial charge in [-0.2, -0.15) is 0 Å². The number of halogens is 3. The van der Waals surface area contributed by atoms with E-state index in [1.165, 1.54) is 6.07 Å². The largest absolute Gasteiger partial charge is 0.456 e. The minimum Gasteiger partial charge on any atom is -0.456 e. The Bertz CT molecular complexity index is 780. The van der Waals surface area contributed by atoms with Gasteiger partial charge in [-0.05, 0) is 31.3 Å². The summed E-state index contributed by atoms with van der Waals surface area (Å²) in [6, 6.07) is 11.6. The van der Waals surface area contributed by atoms with Gasteiger partial charge in [-0.25, -0.2) is 4.39 Å². The highest BCUT2D eigenvalue weighted by Crippen LogP contribution is 2.36. The van der Waals surface area contributed by atoms with Crippen LogP contribution in [0.5, 0.6) is 0 Å². The summed E-state index contributed by atoms with van der Waals surface area (Å²) in [7, 11) is 1.77. The zero-order valence-electron chi connectivity index (χ0n) is 11.2. The predicted octanol–water partition coefficient (Wildman–Crippen LogP) is 5.19. The van der Waals surface area contributed by atoms with Crippen molar-refractivity contribution in [2.45, 2.75) is 6.04 Å². The fourth-order valence-electron chi connectivity index (χ4n) is 2.41. The van der Waals surface area contributed by atoms with E-state index in [9.17, 15) is 4.39 Å². The Morgan fingerprint density at radius 1 is 1.10 bits per heavy atom. The number of hydrogen-bond acceptors (Lipinski definition) is 2. The number of hydrogen-bond donors (Lipinski definition) is 1. The van der Waals surface area contributed by atoms with Gasteiger partial charge in [0.2, 0.25) is 0 Å². The highest BCUT2D eigenvalue weighted by atomic mass is 35.5. The van der Waals surface area contributed by atoms with Crippen LogP contribution in [0.1, 0.15) is 17.4 Å². The van der Waals surface area contributed by atoms with E-state index >= 15 is 0 Å². The monoisotopic (exact) mass is 323 g/mol. The second kappa shape index (κ2) is 5.68. The molecule has 2 aromatic carbocycles. The van der Waals surface area contributed by atoms with Crippen LogP contribution in [0.15, 0.2) is 46.9 Å². The number of nitrogens with one attached hydrogen (secondary N) is 1. The highest BCUT2D eigenvalue weighted by molar-refractivity contribution is 6.36. The molecular weight excluding hydrogens is 312 g/mol. The van der Waals surface area contributed by atoms with Crippen molar-refractivity contribution in [1.29, 1.82) is 0 Å². The molecular formula is C16H12Cl2FNO. The number of fused-ring (bicyclic) bond motifs is 1. The van der Waals surface area contributed by atoms with Crippen molar-refractivity contribution in [3.05, 3.63) is 69.7 Å². The second-order valence-electron chi connectivity index (χ2n) is 4.66. The molecule has 1 N–H and O–H groups in total. The molecule has 1 aromatic heterocycles. The Morgan fingerprint density at radius 2 is 1.76 bits per heavy atom. The van der Waals surface area contributed by atoms with Crippen LogP contribution in [0.3, 0.4) is 0 Å². The van der Waals surface area contributed by atoms with Crippen molar-refractivity contribution in [1.82, 2.24) is 5.32 Å². The molecule has 0 aliphatic heterocycles. The molecule has 21 heavy (non-hydrogen) atoms. The number of para-hydroxylation sites is 1. The van der Waals surface area contributed by atoms with Gasteiger partial charge in [0.1, 0.15) is 5.76 Å². The van der Waals surface area contributed by atoms with E-state index in [0.29, 0.717) is 26.8 Å². The summed E-state index contributed by atoms with van der Waals surface area (Å²) >= 11 is 12.5. The molecule has 1 unspecified atom stereocenters. The topological polar surface area (TPSA) is 25.2 Å². The van der Waals surface area contributed by atoms with Gasteiger partial charge >= 0.3 is 0 Å². The first-order chi connectivity index (χ1) is 10.1. The zero-order chi connectivity index (χ0) is 15.0. The normalized spacial score (nSPS) is 12.8. The predicted molar refractivity (Wildman–Crippen MR) is 83.5 cm³/mol. The first kappa shape index (κ1) is 14.4. The van der Waals surface area contributed by atoms with E-state index in [1.807, 2.05) is 0 Å². The Hall–Kier alpha value is -1.55. The smallest absolute Gasteiger partial charge is 0.169 e. The third kappa shape index (κ3) is 2.53. The third-order valence-electron chi connectivity index (χ3n) is 3.38. The second-order valence-corrected chi connectivity index (χ2v) is 5.48. The van der Waals surface area contributed by atoms with E-state index in [1.54, 1.807) is 43.4 Å². The van der Waals surface area contributed by atoms with Crippen molar-refractivity contribution >= 4 is 34.2 Å². The van der Waals surface area contributed by atoms with Crippen LogP contribution in [0.4, 0.5) is 4.39 Å². The van der Waals surface area contributed by atoms with Crippen LogP contribution in [-0.4, -0.2) is 7.05 Å². The van der Waals surface area contributed by atoms with Crippen LogP contribution >= 0.6 is 23.2 Å². The number of furan rings is 1. The van der Waals surface area contributed by atoms with Crippen LogP contribution in [0, 0.1) is 5.82 Å². The maximum atomic E-state index is 13.8. The summed E-state index contributed by atoms with van der Waals surface area (Å²) < 4.78 is 19.4. The van der Waals surface area contributed by atoms with E-state index in [0.717, 1.165) is 0 Å². The lowest BCUT2D eigenvalue weighted by Crippen LogP contribution is -2.17.